The van der Waals surface area contributed by atoms with Crippen LogP contribution in [0, 0.1) is 0 Å². The zero-order valence-corrected chi connectivity index (χ0v) is 5.38. The Hall–Kier alpha value is -0.610. The minimum Gasteiger partial charge on any atom is -0.547 e. The van der Waals surface area contributed by atoms with Crippen molar-refractivity contribution in [2.75, 3.05) is 13.7 Å². The molecule has 1 N–H and O–H groups in total. The molecule has 4 heteroatoms. The summed E-state index contributed by atoms with van der Waals surface area (Å²) in [6.45, 7) is 0.862. The molecule has 0 aromatic rings. The van der Waals surface area contributed by atoms with Crippen molar-refractivity contribution in [2.24, 2.45) is 0 Å². The maximum atomic E-state index is 9.97. The predicted molar refractivity (Wildman–Crippen MR) is 27.5 cm³/mol. The van der Waals surface area contributed by atoms with E-state index in [1.807, 2.05) is 0 Å². The molecule has 54 valence electrons. The van der Waals surface area contributed by atoms with Crippen molar-refractivity contribution in [3.05, 3.63) is 0 Å². The molecule has 1 atom stereocenters. The summed E-state index contributed by atoms with van der Waals surface area (Å²) in [5.74, 6) is -1.52. The Morgan fingerprint density at radius 1 is 1.89 bits per heavy atom. The number of carbonyl (C=O) groups is 1. The van der Waals surface area contributed by atoms with E-state index in [1.54, 1.807) is 0 Å². The fourth-order valence-corrected chi connectivity index (χ4v) is 0.340. The molecule has 0 aromatic heterocycles. The van der Waals surface area contributed by atoms with Crippen molar-refractivity contribution < 1.29 is 19.7 Å². The monoisotopic (exact) mass is 133 g/mol. The van der Waals surface area contributed by atoms with Crippen molar-refractivity contribution in [1.82, 2.24) is 0 Å². The number of methoxy groups -OCH3 is 1. The van der Waals surface area contributed by atoms with E-state index in [2.05, 4.69) is 4.74 Å². The van der Waals surface area contributed by atoms with Crippen LogP contribution >= 0.6 is 0 Å². The molecule has 0 saturated carbocycles. The van der Waals surface area contributed by atoms with Gasteiger partial charge < -0.3 is 19.7 Å². The lowest BCUT2D eigenvalue weighted by Gasteiger charge is -2.22. The lowest BCUT2D eigenvalue weighted by atomic mass is 10.1. The molecule has 0 saturated heterocycles. The Morgan fingerprint density at radius 2 is 2.33 bits per heavy atom. The van der Waals surface area contributed by atoms with E-state index in [9.17, 15) is 9.90 Å². The normalized spacial score (nSPS) is 16.8. The Balaban J connectivity index is 3.85. The molecule has 0 bridgehead atoms. The maximum Gasteiger partial charge on any atom is 0.124 e. The minimum atomic E-state index is -1.87. The van der Waals surface area contributed by atoms with Crippen molar-refractivity contribution in [3.63, 3.8) is 0 Å². The lowest BCUT2D eigenvalue weighted by molar-refractivity contribution is -0.325. The first kappa shape index (κ1) is 8.39. The molecule has 0 heterocycles. The predicted octanol–water partition coefficient (Wildman–Crippen LogP) is -1.87. The average molecular weight is 133 g/mol. The molecule has 0 rings (SSSR count). The summed E-state index contributed by atoms with van der Waals surface area (Å²) in [5.41, 5.74) is -1.87. The second-order valence-electron chi connectivity index (χ2n) is 1.99. The molecule has 4 nitrogen and oxygen atoms in total. The number of ether oxygens (including phenoxy) is 1. The van der Waals surface area contributed by atoms with Crippen molar-refractivity contribution in [3.8, 4) is 0 Å². The topological polar surface area (TPSA) is 69.6 Å². The molecular weight excluding hydrogens is 124 g/mol. The van der Waals surface area contributed by atoms with E-state index in [0.717, 1.165) is 6.92 Å². The average Bonchev–Trinajstić information content (AvgIpc) is 1.65. The van der Waals surface area contributed by atoms with Crippen molar-refractivity contribution >= 4 is 5.97 Å². The largest absolute Gasteiger partial charge is 0.547 e. The summed E-state index contributed by atoms with van der Waals surface area (Å²) < 4.78 is 4.40. The third-order valence-electron chi connectivity index (χ3n) is 0.865. The van der Waals surface area contributed by atoms with E-state index in [0.29, 0.717) is 0 Å². The molecule has 0 spiro atoms. The van der Waals surface area contributed by atoms with Gasteiger partial charge in [-0.25, -0.2) is 0 Å². The molecule has 0 aliphatic rings. The summed E-state index contributed by atoms with van der Waals surface area (Å²) in [6.07, 6.45) is 0. The first-order valence-electron chi connectivity index (χ1n) is 2.43. The molecule has 0 aliphatic heterocycles. The number of hydrogen-bond acceptors (Lipinski definition) is 4. The van der Waals surface area contributed by atoms with E-state index >= 15 is 0 Å². The van der Waals surface area contributed by atoms with Crippen LogP contribution in [0.5, 0.6) is 0 Å². The number of hydrogen-bond donors (Lipinski definition) is 1. The van der Waals surface area contributed by atoms with Crippen LogP contribution in [-0.2, 0) is 9.53 Å². The van der Waals surface area contributed by atoms with Gasteiger partial charge in [0.15, 0.2) is 0 Å². The third-order valence-corrected chi connectivity index (χ3v) is 0.865. The molecule has 0 aliphatic carbocycles. The maximum absolute atomic E-state index is 9.97. The Kier molecular flexibility index (Phi) is 2.61. The number of aliphatic carboxylic acids is 1. The molecule has 0 amide bonds. The summed E-state index contributed by atoms with van der Waals surface area (Å²) in [4.78, 5) is 9.97. The van der Waals surface area contributed by atoms with Gasteiger partial charge in [0.05, 0.1) is 12.6 Å². The van der Waals surface area contributed by atoms with Crippen molar-refractivity contribution in [1.29, 1.82) is 0 Å². The Bertz CT molecular complexity index is 108. The van der Waals surface area contributed by atoms with Gasteiger partial charge in [0.25, 0.3) is 0 Å². The smallest absolute Gasteiger partial charge is 0.124 e. The summed E-state index contributed by atoms with van der Waals surface area (Å²) in [7, 11) is 1.30. The van der Waals surface area contributed by atoms with Gasteiger partial charge in [-0.05, 0) is 6.92 Å². The van der Waals surface area contributed by atoms with Gasteiger partial charge in [0, 0.05) is 7.11 Å². The molecular formula is C5H9O4-. The highest BCUT2D eigenvalue weighted by Crippen LogP contribution is 1.99. The first-order valence-corrected chi connectivity index (χ1v) is 2.43. The number of carboxylic acids is 1. The van der Waals surface area contributed by atoms with Gasteiger partial charge in [0.1, 0.15) is 5.60 Å². The fraction of sp³-hybridized carbons (Fsp3) is 0.800. The molecule has 0 radical (unpaired) electrons. The van der Waals surface area contributed by atoms with Crippen LogP contribution in [0.3, 0.4) is 0 Å². The zero-order valence-electron chi connectivity index (χ0n) is 5.38. The van der Waals surface area contributed by atoms with E-state index in [4.69, 9.17) is 5.11 Å². The van der Waals surface area contributed by atoms with E-state index < -0.39 is 11.6 Å². The van der Waals surface area contributed by atoms with Crippen LogP contribution in [-0.4, -0.2) is 30.4 Å². The molecule has 0 fully saturated rings. The first-order chi connectivity index (χ1) is 4.00. The second-order valence-corrected chi connectivity index (χ2v) is 1.99. The Morgan fingerprint density at radius 3 is 2.44 bits per heavy atom. The van der Waals surface area contributed by atoms with E-state index in [1.165, 1.54) is 7.11 Å². The van der Waals surface area contributed by atoms with Gasteiger partial charge in [-0.3, -0.25) is 0 Å². The van der Waals surface area contributed by atoms with Gasteiger partial charge in [-0.15, -0.1) is 0 Å². The molecule has 1 unspecified atom stereocenters. The third kappa shape index (κ3) is 2.43. The highest BCUT2D eigenvalue weighted by Gasteiger charge is 2.20. The summed E-state index contributed by atoms with van der Waals surface area (Å²) >= 11 is 0. The fourth-order valence-electron chi connectivity index (χ4n) is 0.340. The Labute approximate surface area is 53.1 Å². The van der Waals surface area contributed by atoms with Crippen LogP contribution in [0.25, 0.3) is 0 Å². The molecule has 0 aromatic carbocycles. The quantitative estimate of drug-likeness (QED) is 0.490. The summed E-state index contributed by atoms with van der Waals surface area (Å²) in [6, 6.07) is 0. The van der Waals surface area contributed by atoms with Gasteiger partial charge in [0.2, 0.25) is 0 Å². The van der Waals surface area contributed by atoms with Crippen LogP contribution < -0.4 is 5.11 Å². The highest BCUT2D eigenvalue weighted by molar-refractivity contribution is 5.74. The van der Waals surface area contributed by atoms with Gasteiger partial charge in [-0.1, -0.05) is 0 Å². The number of carbonyl (C=O) groups excluding carboxylic acids is 1. The number of carboxylic acid groups (broad SMARTS) is 1. The minimum absolute atomic E-state index is 0.255. The summed E-state index contributed by atoms with van der Waals surface area (Å²) in [5, 5.41) is 18.8. The zero-order chi connectivity index (χ0) is 7.49. The van der Waals surface area contributed by atoms with Gasteiger partial charge >= 0.3 is 0 Å². The van der Waals surface area contributed by atoms with E-state index in [-0.39, 0.29) is 6.61 Å². The SMILES string of the molecule is COCC(C)(O)C(=O)[O-]. The van der Waals surface area contributed by atoms with Gasteiger partial charge in [-0.2, -0.15) is 0 Å². The van der Waals surface area contributed by atoms with Crippen molar-refractivity contribution in [2.45, 2.75) is 12.5 Å². The van der Waals surface area contributed by atoms with Crippen LogP contribution in [0.2, 0.25) is 0 Å². The molecule has 9 heavy (non-hydrogen) atoms. The second kappa shape index (κ2) is 2.80. The van der Waals surface area contributed by atoms with Crippen LogP contribution in [0.15, 0.2) is 0 Å². The standard InChI is InChI=1S/C5H10O4/c1-5(8,3-9-2)4(6)7/h8H,3H2,1-2H3,(H,6,7)/p-1. The van der Waals surface area contributed by atoms with Crippen LogP contribution in [0.1, 0.15) is 6.92 Å². The number of rotatable bonds is 3. The lowest BCUT2D eigenvalue weighted by Crippen LogP contribution is -2.49. The number of aliphatic hydroxyl groups is 1. The highest BCUT2D eigenvalue weighted by atomic mass is 16.5. The van der Waals surface area contributed by atoms with Crippen LogP contribution in [0.4, 0.5) is 0 Å².